The van der Waals surface area contributed by atoms with Gasteiger partial charge in [0.15, 0.2) is 5.82 Å². The van der Waals surface area contributed by atoms with Crippen molar-refractivity contribution in [2.24, 2.45) is 0 Å². The Bertz CT molecular complexity index is 911. The molecule has 0 aliphatic carbocycles. The maximum absolute atomic E-state index is 12.9. The SMILES string of the molecule is Cc1nc(C2CCCN(C(=O)Cn3c(C)cc4ccccc43)C2)no1. The number of carbonyl (C=O) groups excluding carboxylic acids is 1. The molecule has 4 rings (SSSR count). The second-order valence-electron chi connectivity index (χ2n) is 6.78. The summed E-state index contributed by atoms with van der Waals surface area (Å²) in [7, 11) is 0. The Hall–Kier alpha value is -2.63. The molecule has 3 heterocycles. The van der Waals surface area contributed by atoms with E-state index in [9.17, 15) is 4.79 Å². The van der Waals surface area contributed by atoms with Gasteiger partial charge in [0.05, 0.1) is 0 Å². The Morgan fingerprint density at radius 2 is 2.16 bits per heavy atom. The molecule has 0 radical (unpaired) electrons. The second-order valence-corrected chi connectivity index (χ2v) is 6.78. The van der Waals surface area contributed by atoms with Gasteiger partial charge in [-0.1, -0.05) is 23.4 Å². The highest BCUT2D eigenvalue weighted by molar-refractivity contribution is 5.84. The smallest absolute Gasteiger partial charge is 0.242 e. The minimum atomic E-state index is 0.148. The number of fused-ring (bicyclic) bond motifs is 1. The summed E-state index contributed by atoms with van der Waals surface area (Å²) in [5, 5.41) is 5.21. The van der Waals surface area contributed by atoms with Crippen LogP contribution in [0.15, 0.2) is 34.9 Å². The monoisotopic (exact) mass is 338 g/mol. The van der Waals surface area contributed by atoms with Gasteiger partial charge in [-0.25, -0.2) is 0 Å². The first-order valence-electron chi connectivity index (χ1n) is 8.74. The molecule has 130 valence electrons. The Kier molecular flexibility index (Phi) is 4.03. The number of likely N-dealkylation sites (tertiary alicyclic amines) is 1. The summed E-state index contributed by atoms with van der Waals surface area (Å²) in [6.07, 6.45) is 1.96. The number of amides is 1. The molecule has 1 aromatic carbocycles. The normalized spacial score (nSPS) is 18.0. The number of hydrogen-bond acceptors (Lipinski definition) is 4. The predicted octanol–water partition coefficient (Wildman–Crippen LogP) is 3.05. The third-order valence-corrected chi connectivity index (χ3v) is 4.99. The van der Waals surface area contributed by atoms with Gasteiger partial charge in [0.2, 0.25) is 11.8 Å². The average molecular weight is 338 g/mol. The molecular weight excluding hydrogens is 316 g/mol. The standard InChI is InChI=1S/C19H22N4O2/c1-13-10-15-6-3-4-8-17(15)23(13)12-18(24)22-9-5-7-16(11-22)19-20-14(2)25-21-19/h3-4,6,8,10,16H,5,7,9,11-12H2,1-2H3. The maximum atomic E-state index is 12.9. The number of para-hydroxylation sites is 1. The van der Waals surface area contributed by atoms with E-state index in [2.05, 4.69) is 32.9 Å². The molecule has 1 fully saturated rings. The molecule has 1 saturated heterocycles. The molecule has 1 atom stereocenters. The summed E-state index contributed by atoms with van der Waals surface area (Å²) in [5.41, 5.74) is 2.22. The lowest BCUT2D eigenvalue weighted by atomic mass is 9.97. The summed E-state index contributed by atoms with van der Waals surface area (Å²) in [6, 6.07) is 10.3. The molecule has 1 unspecified atom stereocenters. The molecule has 1 aliphatic heterocycles. The van der Waals surface area contributed by atoms with Crippen molar-refractivity contribution in [2.75, 3.05) is 13.1 Å². The van der Waals surface area contributed by atoms with Gasteiger partial charge in [0, 0.05) is 37.1 Å². The maximum Gasteiger partial charge on any atom is 0.242 e. The molecule has 0 bridgehead atoms. The molecule has 1 amide bonds. The van der Waals surface area contributed by atoms with Gasteiger partial charge in [-0.2, -0.15) is 4.98 Å². The Morgan fingerprint density at radius 1 is 1.32 bits per heavy atom. The Balaban J connectivity index is 1.51. The van der Waals surface area contributed by atoms with E-state index >= 15 is 0 Å². The van der Waals surface area contributed by atoms with Gasteiger partial charge >= 0.3 is 0 Å². The fourth-order valence-electron chi connectivity index (χ4n) is 3.69. The summed E-state index contributed by atoms with van der Waals surface area (Å²) < 4.78 is 7.19. The topological polar surface area (TPSA) is 64.2 Å². The number of benzene rings is 1. The number of hydrogen-bond donors (Lipinski definition) is 0. The van der Waals surface area contributed by atoms with Crippen LogP contribution in [-0.4, -0.2) is 38.6 Å². The first-order valence-corrected chi connectivity index (χ1v) is 8.74. The van der Waals surface area contributed by atoms with Crippen LogP contribution in [0.5, 0.6) is 0 Å². The van der Waals surface area contributed by atoms with Crippen molar-refractivity contribution in [3.8, 4) is 0 Å². The van der Waals surface area contributed by atoms with E-state index in [-0.39, 0.29) is 11.8 Å². The molecule has 2 aromatic heterocycles. The lowest BCUT2D eigenvalue weighted by molar-refractivity contribution is -0.133. The molecule has 6 nitrogen and oxygen atoms in total. The third-order valence-electron chi connectivity index (χ3n) is 4.99. The highest BCUT2D eigenvalue weighted by Crippen LogP contribution is 2.26. The van der Waals surface area contributed by atoms with Crippen LogP contribution in [0.25, 0.3) is 10.9 Å². The molecule has 0 saturated carbocycles. The van der Waals surface area contributed by atoms with Gasteiger partial charge in [0.1, 0.15) is 6.54 Å². The van der Waals surface area contributed by atoms with E-state index in [1.165, 1.54) is 5.39 Å². The fourth-order valence-corrected chi connectivity index (χ4v) is 3.69. The average Bonchev–Trinajstić information content (AvgIpc) is 3.19. The zero-order chi connectivity index (χ0) is 17.4. The molecule has 1 aliphatic rings. The summed E-state index contributed by atoms with van der Waals surface area (Å²) in [5.74, 6) is 1.61. The predicted molar refractivity (Wildman–Crippen MR) is 94.3 cm³/mol. The van der Waals surface area contributed by atoms with Gasteiger partial charge in [-0.3, -0.25) is 4.79 Å². The molecule has 3 aromatic rings. The van der Waals surface area contributed by atoms with E-state index < -0.39 is 0 Å². The van der Waals surface area contributed by atoms with Crippen LogP contribution >= 0.6 is 0 Å². The van der Waals surface area contributed by atoms with Gasteiger partial charge < -0.3 is 14.0 Å². The third kappa shape index (κ3) is 3.04. The van der Waals surface area contributed by atoms with E-state index in [1.54, 1.807) is 6.92 Å². The molecule has 25 heavy (non-hydrogen) atoms. The van der Waals surface area contributed by atoms with Crippen LogP contribution in [0, 0.1) is 13.8 Å². The molecule has 0 spiro atoms. The number of aryl methyl sites for hydroxylation is 2. The summed E-state index contributed by atoms with van der Waals surface area (Å²) in [4.78, 5) is 19.2. The van der Waals surface area contributed by atoms with Crippen LogP contribution in [0.1, 0.15) is 36.2 Å². The van der Waals surface area contributed by atoms with Crippen LogP contribution in [0.4, 0.5) is 0 Å². The van der Waals surface area contributed by atoms with Gasteiger partial charge in [-0.15, -0.1) is 0 Å². The number of nitrogens with zero attached hydrogens (tertiary/aromatic N) is 4. The van der Waals surface area contributed by atoms with Crippen molar-refractivity contribution < 1.29 is 9.32 Å². The number of aromatic nitrogens is 3. The van der Waals surface area contributed by atoms with Crippen LogP contribution < -0.4 is 0 Å². The zero-order valence-electron chi connectivity index (χ0n) is 14.6. The first kappa shape index (κ1) is 15.9. The molecular formula is C19H22N4O2. The van der Waals surface area contributed by atoms with Crippen molar-refractivity contribution in [1.82, 2.24) is 19.6 Å². The van der Waals surface area contributed by atoms with Crippen molar-refractivity contribution in [3.63, 3.8) is 0 Å². The van der Waals surface area contributed by atoms with Crippen molar-refractivity contribution in [1.29, 1.82) is 0 Å². The number of piperidine rings is 1. The minimum Gasteiger partial charge on any atom is -0.340 e. The highest BCUT2D eigenvalue weighted by Gasteiger charge is 2.28. The summed E-state index contributed by atoms with van der Waals surface area (Å²) >= 11 is 0. The lowest BCUT2D eigenvalue weighted by Gasteiger charge is -2.31. The fraction of sp³-hybridized carbons (Fsp3) is 0.421. The number of rotatable bonds is 3. The van der Waals surface area contributed by atoms with E-state index in [4.69, 9.17) is 4.52 Å². The van der Waals surface area contributed by atoms with Crippen LogP contribution in [0.3, 0.4) is 0 Å². The van der Waals surface area contributed by atoms with Crippen molar-refractivity contribution in [3.05, 3.63) is 47.7 Å². The van der Waals surface area contributed by atoms with E-state index in [0.717, 1.165) is 36.4 Å². The summed E-state index contributed by atoms with van der Waals surface area (Å²) in [6.45, 7) is 5.67. The van der Waals surface area contributed by atoms with E-state index in [1.807, 2.05) is 24.0 Å². The zero-order valence-corrected chi connectivity index (χ0v) is 14.6. The number of carbonyl (C=O) groups is 1. The van der Waals surface area contributed by atoms with Gasteiger partial charge in [-0.05, 0) is 37.3 Å². The Labute approximate surface area is 146 Å². The van der Waals surface area contributed by atoms with Crippen molar-refractivity contribution >= 4 is 16.8 Å². The van der Waals surface area contributed by atoms with Gasteiger partial charge in [0.25, 0.3) is 0 Å². The highest BCUT2D eigenvalue weighted by atomic mass is 16.5. The van der Waals surface area contributed by atoms with Crippen LogP contribution in [0.2, 0.25) is 0 Å². The minimum absolute atomic E-state index is 0.148. The molecule has 0 N–H and O–H groups in total. The first-order chi connectivity index (χ1) is 12.1. The van der Waals surface area contributed by atoms with Crippen molar-refractivity contribution in [2.45, 2.75) is 39.2 Å². The van der Waals surface area contributed by atoms with Crippen LogP contribution in [-0.2, 0) is 11.3 Å². The Morgan fingerprint density at radius 3 is 2.96 bits per heavy atom. The van der Waals surface area contributed by atoms with E-state index in [0.29, 0.717) is 19.0 Å². The lowest BCUT2D eigenvalue weighted by Crippen LogP contribution is -2.41. The quantitative estimate of drug-likeness (QED) is 0.736. The largest absolute Gasteiger partial charge is 0.340 e. The second kappa shape index (κ2) is 6.35. The molecule has 6 heteroatoms.